The van der Waals surface area contributed by atoms with Gasteiger partial charge in [-0.15, -0.1) is 0 Å². The van der Waals surface area contributed by atoms with Crippen LogP contribution in [0, 0.1) is 0 Å². The predicted molar refractivity (Wildman–Crippen MR) is 65.3 cm³/mol. The summed E-state index contributed by atoms with van der Waals surface area (Å²) in [6.07, 6.45) is 6.49. The van der Waals surface area contributed by atoms with E-state index in [1.165, 1.54) is 0 Å². The van der Waals surface area contributed by atoms with E-state index in [9.17, 15) is 0 Å². The number of hydrogen-bond donors (Lipinski definition) is 0. The molecule has 2 heterocycles. The Kier molecular flexibility index (Phi) is 4.58. The third-order valence-electron chi connectivity index (χ3n) is 2.50. The van der Waals surface area contributed by atoms with Crippen molar-refractivity contribution in [1.29, 1.82) is 0 Å². The Bertz CT molecular complexity index is 336. The van der Waals surface area contributed by atoms with Crippen molar-refractivity contribution >= 4 is 27.5 Å². The summed E-state index contributed by atoms with van der Waals surface area (Å²) >= 11 is 9.44. The molecule has 88 valence electrons. The second-order valence-corrected chi connectivity index (χ2v) is 4.95. The molecular formula is C11H13BrClNO2. The van der Waals surface area contributed by atoms with Crippen LogP contribution < -0.4 is 0 Å². The summed E-state index contributed by atoms with van der Waals surface area (Å²) in [5.74, 6) is 0. The summed E-state index contributed by atoms with van der Waals surface area (Å²) in [5.41, 5.74) is 0.922. The van der Waals surface area contributed by atoms with Gasteiger partial charge in [-0.3, -0.25) is 4.98 Å². The van der Waals surface area contributed by atoms with E-state index in [1.807, 2.05) is 0 Å². The topological polar surface area (TPSA) is 31.4 Å². The number of ether oxygens (including phenoxy) is 2. The molecule has 16 heavy (non-hydrogen) atoms. The smallest absolute Gasteiger partial charge is 0.158 e. The van der Waals surface area contributed by atoms with Crippen molar-refractivity contribution in [3.05, 3.63) is 27.5 Å². The Morgan fingerprint density at radius 2 is 2.38 bits per heavy atom. The van der Waals surface area contributed by atoms with Crippen molar-refractivity contribution in [3.63, 3.8) is 0 Å². The van der Waals surface area contributed by atoms with Crippen molar-refractivity contribution < 1.29 is 9.47 Å². The van der Waals surface area contributed by atoms with Crippen molar-refractivity contribution in [2.75, 3.05) is 6.61 Å². The van der Waals surface area contributed by atoms with E-state index in [1.54, 1.807) is 12.4 Å². The highest BCUT2D eigenvalue weighted by atomic mass is 79.9. The van der Waals surface area contributed by atoms with Crippen molar-refractivity contribution in [2.45, 2.75) is 32.2 Å². The maximum absolute atomic E-state index is 6.03. The van der Waals surface area contributed by atoms with E-state index in [0.29, 0.717) is 11.6 Å². The second-order valence-electron chi connectivity index (χ2n) is 3.69. The number of aromatic nitrogens is 1. The first kappa shape index (κ1) is 12.3. The zero-order valence-electron chi connectivity index (χ0n) is 8.79. The van der Waals surface area contributed by atoms with Gasteiger partial charge in [-0.25, -0.2) is 0 Å². The van der Waals surface area contributed by atoms with Gasteiger partial charge in [0.05, 0.1) is 11.6 Å². The summed E-state index contributed by atoms with van der Waals surface area (Å²) < 4.78 is 12.0. The number of hydrogen-bond acceptors (Lipinski definition) is 3. The fraction of sp³-hybridized carbons (Fsp3) is 0.545. The molecule has 1 saturated heterocycles. The van der Waals surface area contributed by atoms with Crippen LogP contribution in [0.15, 0.2) is 16.9 Å². The van der Waals surface area contributed by atoms with Crippen molar-refractivity contribution in [3.8, 4) is 0 Å². The van der Waals surface area contributed by atoms with Gasteiger partial charge >= 0.3 is 0 Å². The average Bonchev–Trinajstić information content (AvgIpc) is 2.30. The maximum atomic E-state index is 6.03. The average molecular weight is 307 g/mol. The third kappa shape index (κ3) is 3.17. The van der Waals surface area contributed by atoms with Gasteiger partial charge in [0.1, 0.15) is 0 Å². The lowest BCUT2D eigenvalue weighted by Gasteiger charge is -2.23. The molecular weight excluding hydrogens is 293 g/mol. The summed E-state index contributed by atoms with van der Waals surface area (Å²) in [4.78, 5) is 3.97. The van der Waals surface area contributed by atoms with E-state index < -0.39 is 0 Å². The lowest BCUT2D eigenvalue weighted by molar-refractivity contribution is -0.169. The number of rotatable bonds is 3. The molecule has 0 radical (unpaired) electrons. The SMILES string of the molecule is Clc1cncc(Br)c1COC1CCCCO1. The van der Waals surface area contributed by atoms with E-state index in [2.05, 4.69) is 20.9 Å². The van der Waals surface area contributed by atoms with Gasteiger partial charge < -0.3 is 9.47 Å². The van der Waals surface area contributed by atoms with Crippen LogP contribution in [0.4, 0.5) is 0 Å². The number of halogens is 2. The molecule has 1 aliphatic heterocycles. The monoisotopic (exact) mass is 305 g/mol. The molecule has 1 aromatic rings. The molecule has 1 fully saturated rings. The highest BCUT2D eigenvalue weighted by molar-refractivity contribution is 9.10. The largest absolute Gasteiger partial charge is 0.353 e. The van der Waals surface area contributed by atoms with Crippen LogP contribution >= 0.6 is 27.5 Å². The summed E-state index contributed by atoms with van der Waals surface area (Å²) in [5, 5.41) is 0.616. The molecule has 5 heteroatoms. The first-order valence-electron chi connectivity index (χ1n) is 5.28. The molecule has 0 amide bonds. The number of pyridine rings is 1. The van der Waals surface area contributed by atoms with Gasteiger partial charge in [-0.2, -0.15) is 0 Å². The van der Waals surface area contributed by atoms with Crippen LogP contribution in [0.1, 0.15) is 24.8 Å². The van der Waals surface area contributed by atoms with Gasteiger partial charge in [-0.05, 0) is 35.2 Å². The molecule has 0 aromatic carbocycles. The molecule has 0 N–H and O–H groups in total. The minimum atomic E-state index is -0.0927. The van der Waals surface area contributed by atoms with Gasteiger partial charge in [-0.1, -0.05) is 11.6 Å². The fourth-order valence-corrected chi connectivity index (χ4v) is 2.37. The Hall–Kier alpha value is -0.160. The van der Waals surface area contributed by atoms with Crippen LogP contribution in [0.5, 0.6) is 0 Å². The molecule has 1 aliphatic rings. The van der Waals surface area contributed by atoms with Crippen LogP contribution in [0.2, 0.25) is 5.02 Å². The highest BCUT2D eigenvalue weighted by Gasteiger charge is 2.15. The molecule has 0 spiro atoms. The van der Waals surface area contributed by atoms with Gasteiger partial charge in [0.15, 0.2) is 6.29 Å². The lowest BCUT2D eigenvalue weighted by atomic mass is 10.2. The van der Waals surface area contributed by atoms with Gasteiger partial charge in [0, 0.05) is 29.0 Å². The summed E-state index contributed by atoms with van der Waals surface area (Å²) in [6, 6.07) is 0. The van der Waals surface area contributed by atoms with Gasteiger partial charge in [0.25, 0.3) is 0 Å². The Labute approximate surface area is 108 Å². The quantitative estimate of drug-likeness (QED) is 0.856. The predicted octanol–water partition coefficient (Wildman–Crippen LogP) is 3.54. The van der Waals surface area contributed by atoms with E-state index in [4.69, 9.17) is 21.1 Å². The Morgan fingerprint density at radius 3 is 3.06 bits per heavy atom. The molecule has 0 aliphatic carbocycles. The Balaban J connectivity index is 1.93. The standard InChI is InChI=1S/C11H13BrClNO2/c12-9-5-14-6-10(13)8(9)7-16-11-3-1-2-4-15-11/h5-6,11H,1-4,7H2. The maximum Gasteiger partial charge on any atom is 0.158 e. The summed E-state index contributed by atoms with van der Waals surface area (Å²) in [6.45, 7) is 1.24. The van der Waals surface area contributed by atoms with E-state index in [0.717, 1.165) is 35.9 Å². The fourth-order valence-electron chi connectivity index (χ4n) is 1.59. The molecule has 3 nitrogen and oxygen atoms in total. The van der Waals surface area contributed by atoms with Crippen LogP contribution in [0.3, 0.4) is 0 Å². The zero-order chi connectivity index (χ0) is 11.4. The first-order valence-corrected chi connectivity index (χ1v) is 6.45. The van der Waals surface area contributed by atoms with E-state index >= 15 is 0 Å². The van der Waals surface area contributed by atoms with Crippen molar-refractivity contribution in [2.24, 2.45) is 0 Å². The first-order chi connectivity index (χ1) is 7.77. The van der Waals surface area contributed by atoms with Crippen molar-refractivity contribution in [1.82, 2.24) is 4.98 Å². The lowest BCUT2D eigenvalue weighted by Crippen LogP contribution is -2.22. The molecule has 0 saturated carbocycles. The molecule has 1 atom stereocenters. The second kappa shape index (κ2) is 5.96. The van der Waals surface area contributed by atoms with Crippen LogP contribution in [-0.2, 0) is 16.1 Å². The molecule has 1 aromatic heterocycles. The summed E-state index contributed by atoms with van der Waals surface area (Å²) in [7, 11) is 0. The van der Waals surface area contributed by atoms with Crippen LogP contribution in [0.25, 0.3) is 0 Å². The minimum absolute atomic E-state index is 0.0927. The van der Waals surface area contributed by atoms with Gasteiger partial charge in [0.2, 0.25) is 0 Å². The minimum Gasteiger partial charge on any atom is -0.353 e. The zero-order valence-corrected chi connectivity index (χ0v) is 11.1. The number of nitrogens with zero attached hydrogens (tertiary/aromatic N) is 1. The molecule has 0 bridgehead atoms. The van der Waals surface area contributed by atoms with E-state index in [-0.39, 0.29) is 6.29 Å². The Morgan fingerprint density at radius 1 is 1.50 bits per heavy atom. The molecule has 2 rings (SSSR count). The third-order valence-corrected chi connectivity index (χ3v) is 3.51. The normalized spacial score (nSPS) is 21.0. The molecule has 1 unspecified atom stereocenters. The highest BCUT2D eigenvalue weighted by Crippen LogP contribution is 2.25. The van der Waals surface area contributed by atoms with Crippen LogP contribution in [-0.4, -0.2) is 17.9 Å².